The van der Waals surface area contributed by atoms with Crippen LogP contribution in [0.25, 0.3) is 11.3 Å². The van der Waals surface area contributed by atoms with Gasteiger partial charge in [0.25, 0.3) is 0 Å². The van der Waals surface area contributed by atoms with Gasteiger partial charge < -0.3 is 19.9 Å². The Morgan fingerprint density at radius 1 is 1.19 bits per heavy atom. The number of nitrogens with zero attached hydrogens (tertiary/aromatic N) is 1. The number of aromatic nitrogens is 1. The number of anilines is 2. The van der Waals surface area contributed by atoms with Gasteiger partial charge in [-0.15, -0.1) is 11.3 Å². The first kappa shape index (κ1) is 18.7. The number of hydrogen-bond acceptors (Lipinski definition) is 6. The van der Waals surface area contributed by atoms with E-state index in [1.165, 1.54) is 30.6 Å². The van der Waals surface area contributed by atoms with Crippen molar-refractivity contribution in [2.75, 3.05) is 19.5 Å². The van der Waals surface area contributed by atoms with Crippen LogP contribution in [0.3, 0.4) is 0 Å². The fraction of sp³-hybridized carbons (Fsp3) is 0.158. The van der Waals surface area contributed by atoms with Crippen molar-refractivity contribution >= 4 is 28.1 Å². The summed E-state index contributed by atoms with van der Waals surface area (Å²) < 4.78 is 23.7. The Hall–Kier alpha value is -3.13. The first-order valence-electron chi connectivity index (χ1n) is 7.96. The minimum atomic E-state index is -0.958. The van der Waals surface area contributed by atoms with Crippen LogP contribution < -0.4 is 14.8 Å². The maximum absolute atomic E-state index is 13.1. The summed E-state index contributed by atoms with van der Waals surface area (Å²) in [6, 6.07) is 11.1. The van der Waals surface area contributed by atoms with Gasteiger partial charge in [0.2, 0.25) is 0 Å². The molecule has 27 heavy (non-hydrogen) atoms. The van der Waals surface area contributed by atoms with Gasteiger partial charge in [-0.05, 0) is 36.4 Å². The predicted molar refractivity (Wildman–Crippen MR) is 102 cm³/mol. The second kappa shape index (κ2) is 8.05. The van der Waals surface area contributed by atoms with E-state index in [0.29, 0.717) is 38.5 Å². The Kier molecular flexibility index (Phi) is 5.56. The number of methoxy groups -OCH3 is 2. The van der Waals surface area contributed by atoms with Gasteiger partial charge in [0.15, 0.2) is 5.13 Å². The number of aliphatic carboxylic acids is 1. The van der Waals surface area contributed by atoms with Crippen LogP contribution in [0, 0.1) is 5.82 Å². The molecular formula is C19H17FN2O4S. The van der Waals surface area contributed by atoms with E-state index in [-0.39, 0.29) is 12.2 Å². The third-order valence-corrected chi connectivity index (χ3v) is 4.74. The maximum Gasteiger partial charge on any atom is 0.308 e. The fourth-order valence-corrected chi connectivity index (χ4v) is 3.51. The number of nitrogens with one attached hydrogen (secondary N) is 1. The van der Waals surface area contributed by atoms with Crippen LogP contribution in [-0.2, 0) is 11.2 Å². The van der Waals surface area contributed by atoms with Crippen LogP contribution in [0.5, 0.6) is 11.5 Å². The van der Waals surface area contributed by atoms with Crippen molar-refractivity contribution in [1.82, 2.24) is 4.98 Å². The van der Waals surface area contributed by atoms with E-state index in [1.807, 2.05) is 0 Å². The lowest BCUT2D eigenvalue weighted by molar-refractivity contribution is -0.136. The maximum atomic E-state index is 13.1. The lowest BCUT2D eigenvalue weighted by Crippen LogP contribution is -2.00. The molecule has 3 rings (SSSR count). The molecule has 0 spiro atoms. The number of hydrogen-bond donors (Lipinski definition) is 2. The third kappa shape index (κ3) is 4.35. The highest BCUT2D eigenvalue weighted by Crippen LogP contribution is 2.39. The Morgan fingerprint density at radius 3 is 2.56 bits per heavy atom. The zero-order chi connectivity index (χ0) is 19.4. The van der Waals surface area contributed by atoms with Crippen molar-refractivity contribution in [2.24, 2.45) is 0 Å². The standard InChI is InChI=1S/C19H17FN2O4S/c1-25-13-7-8-14(15(9-13)26-2)18-16(10-17(23)24)27-19(22-18)21-12-5-3-11(20)4-6-12/h3-9H,10H2,1-2H3,(H,21,22)(H,23,24). The molecule has 140 valence electrons. The number of carbonyl (C=O) groups is 1. The molecule has 3 aromatic rings. The molecule has 1 heterocycles. The molecular weight excluding hydrogens is 371 g/mol. The lowest BCUT2D eigenvalue weighted by Gasteiger charge is -2.09. The highest BCUT2D eigenvalue weighted by atomic mass is 32.1. The van der Waals surface area contributed by atoms with Gasteiger partial charge in [0.05, 0.1) is 26.3 Å². The van der Waals surface area contributed by atoms with Crippen molar-refractivity contribution < 1.29 is 23.8 Å². The summed E-state index contributed by atoms with van der Waals surface area (Å²) in [4.78, 5) is 16.4. The van der Waals surface area contributed by atoms with E-state index in [1.54, 1.807) is 37.4 Å². The molecule has 0 aliphatic rings. The molecule has 0 saturated heterocycles. The molecule has 6 nitrogen and oxygen atoms in total. The second-order valence-electron chi connectivity index (χ2n) is 5.56. The van der Waals surface area contributed by atoms with Crippen molar-refractivity contribution in [3.05, 3.63) is 53.2 Å². The Balaban J connectivity index is 2.02. The Morgan fingerprint density at radius 2 is 1.93 bits per heavy atom. The van der Waals surface area contributed by atoms with Gasteiger partial charge in [-0.25, -0.2) is 9.37 Å². The number of carboxylic acid groups (broad SMARTS) is 1. The van der Waals surface area contributed by atoms with Crippen LogP contribution in [0.2, 0.25) is 0 Å². The zero-order valence-electron chi connectivity index (χ0n) is 14.7. The Bertz CT molecular complexity index is 957. The lowest BCUT2D eigenvalue weighted by atomic mass is 10.1. The number of halogens is 1. The average molecular weight is 388 g/mol. The second-order valence-corrected chi connectivity index (χ2v) is 6.64. The summed E-state index contributed by atoms with van der Waals surface area (Å²) in [7, 11) is 3.08. The van der Waals surface area contributed by atoms with Crippen LogP contribution in [-0.4, -0.2) is 30.3 Å². The molecule has 0 fully saturated rings. The molecule has 1 aromatic heterocycles. The smallest absolute Gasteiger partial charge is 0.308 e. The van der Waals surface area contributed by atoms with Gasteiger partial charge >= 0.3 is 5.97 Å². The van der Waals surface area contributed by atoms with E-state index >= 15 is 0 Å². The summed E-state index contributed by atoms with van der Waals surface area (Å²) >= 11 is 1.23. The summed E-state index contributed by atoms with van der Waals surface area (Å²) in [5.41, 5.74) is 1.84. The molecule has 0 saturated carbocycles. The molecule has 2 N–H and O–H groups in total. The summed E-state index contributed by atoms with van der Waals surface area (Å²) in [6.45, 7) is 0. The summed E-state index contributed by atoms with van der Waals surface area (Å²) in [5.74, 6) is -0.148. The first-order chi connectivity index (χ1) is 13.0. The van der Waals surface area contributed by atoms with Crippen LogP contribution >= 0.6 is 11.3 Å². The highest BCUT2D eigenvalue weighted by Gasteiger charge is 2.19. The largest absolute Gasteiger partial charge is 0.497 e. The fourth-order valence-electron chi connectivity index (χ4n) is 2.52. The minimum absolute atomic E-state index is 0.173. The topological polar surface area (TPSA) is 80.7 Å². The molecule has 0 atom stereocenters. The molecule has 0 bridgehead atoms. The van der Waals surface area contributed by atoms with Crippen molar-refractivity contribution in [3.63, 3.8) is 0 Å². The SMILES string of the molecule is COc1ccc(-c2nc(Nc3ccc(F)cc3)sc2CC(=O)O)c(OC)c1. The van der Waals surface area contributed by atoms with Crippen LogP contribution in [0.4, 0.5) is 15.2 Å². The molecule has 2 aromatic carbocycles. The first-order valence-corrected chi connectivity index (χ1v) is 8.78. The Labute approximate surface area is 159 Å². The number of thiazole rings is 1. The molecule has 0 radical (unpaired) electrons. The number of carboxylic acids is 1. The van der Waals surface area contributed by atoms with Crippen molar-refractivity contribution in [2.45, 2.75) is 6.42 Å². The normalized spacial score (nSPS) is 10.5. The van der Waals surface area contributed by atoms with Crippen molar-refractivity contribution in [3.8, 4) is 22.8 Å². The van der Waals surface area contributed by atoms with Gasteiger partial charge in [-0.2, -0.15) is 0 Å². The van der Waals surface area contributed by atoms with Crippen LogP contribution in [0.15, 0.2) is 42.5 Å². The van der Waals surface area contributed by atoms with E-state index in [9.17, 15) is 14.3 Å². The third-order valence-electron chi connectivity index (χ3n) is 3.77. The van der Waals surface area contributed by atoms with Gasteiger partial charge in [-0.3, -0.25) is 4.79 Å². The van der Waals surface area contributed by atoms with Crippen molar-refractivity contribution in [1.29, 1.82) is 0 Å². The van der Waals surface area contributed by atoms with E-state index in [4.69, 9.17) is 9.47 Å². The summed E-state index contributed by atoms with van der Waals surface area (Å²) in [6.07, 6.45) is -0.173. The molecule has 0 unspecified atom stereocenters. The van der Waals surface area contributed by atoms with Gasteiger partial charge in [-0.1, -0.05) is 0 Å². The van der Waals surface area contributed by atoms with E-state index < -0.39 is 5.97 Å². The average Bonchev–Trinajstić information content (AvgIpc) is 3.04. The van der Waals surface area contributed by atoms with E-state index in [2.05, 4.69) is 10.3 Å². The van der Waals surface area contributed by atoms with Crippen LogP contribution in [0.1, 0.15) is 4.88 Å². The number of rotatable bonds is 7. The molecule has 0 aliphatic carbocycles. The highest BCUT2D eigenvalue weighted by molar-refractivity contribution is 7.16. The molecule has 8 heteroatoms. The monoisotopic (exact) mass is 388 g/mol. The molecule has 0 amide bonds. The van der Waals surface area contributed by atoms with Gasteiger partial charge in [0, 0.05) is 22.2 Å². The molecule has 0 aliphatic heterocycles. The predicted octanol–water partition coefficient (Wildman–Crippen LogP) is 4.34. The quantitative estimate of drug-likeness (QED) is 0.627. The van der Waals surface area contributed by atoms with Gasteiger partial charge in [0.1, 0.15) is 17.3 Å². The van der Waals surface area contributed by atoms with E-state index in [0.717, 1.165) is 0 Å². The minimum Gasteiger partial charge on any atom is -0.497 e. The summed E-state index contributed by atoms with van der Waals surface area (Å²) in [5, 5.41) is 12.8. The number of ether oxygens (including phenoxy) is 2. The zero-order valence-corrected chi connectivity index (χ0v) is 15.5. The number of benzene rings is 2.